The highest BCUT2D eigenvalue weighted by atomic mass is 19.4. The molecule has 1 aliphatic rings. The molecular weight excluding hydrogens is 505 g/mol. The number of carbonyl (C=O) groups excluding carboxylic acids is 2. The fourth-order valence-corrected chi connectivity index (χ4v) is 3.78. The van der Waals surface area contributed by atoms with Crippen LogP contribution in [0.15, 0.2) is 60.9 Å². The highest BCUT2D eigenvalue weighted by Crippen LogP contribution is 2.25. The molecule has 3 heterocycles. The second-order valence-corrected chi connectivity index (χ2v) is 8.38. The minimum Gasteiger partial charge on any atom is -0.475 e. The number of aromatic nitrogens is 3. The SMILES string of the molecule is CN(Cc1ccccn1)C(=O)CC1CN(C(=O)c2cccc(C#N)c2)Cc2ccnn21.O=C(O)C(F)(F)F. The Kier molecular flexibility index (Phi) is 8.80. The molecule has 1 aliphatic heterocycles. The first-order valence-electron chi connectivity index (χ1n) is 11.3. The summed E-state index contributed by atoms with van der Waals surface area (Å²) >= 11 is 0. The van der Waals surface area contributed by atoms with Gasteiger partial charge in [0.05, 0.1) is 48.6 Å². The van der Waals surface area contributed by atoms with E-state index in [1.54, 1.807) is 53.5 Å². The lowest BCUT2D eigenvalue weighted by atomic mass is 10.1. The van der Waals surface area contributed by atoms with Crippen LogP contribution >= 0.6 is 0 Å². The van der Waals surface area contributed by atoms with Crippen molar-refractivity contribution in [3.05, 3.63) is 83.4 Å². The van der Waals surface area contributed by atoms with E-state index < -0.39 is 12.1 Å². The summed E-state index contributed by atoms with van der Waals surface area (Å²) in [5.74, 6) is -2.96. The van der Waals surface area contributed by atoms with Gasteiger partial charge >= 0.3 is 12.1 Å². The average molecular weight is 528 g/mol. The second kappa shape index (κ2) is 12.0. The molecule has 0 saturated carbocycles. The minimum absolute atomic E-state index is 0.0436. The highest BCUT2D eigenvalue weighted by Gasteiger charge is 2.38. The quantitative estimate of drug-likeness (QED) is 0.538. The molecule has 38 heavy (non-hydrogen) atoms. The third kappa shape index (κ3) is 7.16. The van der Waals surface area contributed by atoms with E-state index in [4.69, 9.17) is 15.2 Å². The van der Waals surface area contributed by atoms with E-state index in [2.05, 4.69) is 16.2 Å². The van der Waals surface area contributed by atoms with Gasteiger partial charge in [-0.25, -0.2) is 4.79 Å². The van der Waals surface area contributed by atoms with Crippen LogP contribution < -0.4 is 0 Å². The largest absolute Gasteiger partial charge is 0.490 e. The maximum Gasteiger partial charge on any atom is 0.490 e. The molecule has 0 saturated heterocycles. The lowest BCUT2D eigenvalue weighted by molar-refractivity contribution is -0.192. The monoisotopic (exact) mass is 528 g/mol. The molecule has 1 N–H and O–H groups in total. The number of aliphatic carboxylic acids is 1. The van der Waals surface area contributed by atoms with Crippen LogP contribution in [-0.4, -0.2) is 67.2 Å². The lowest BCUT2D eigenvalue weighted by Gasteiger charge is -2.34. The number of alkyl halides is 3. The summed E-state index contributed by atoms with van der Waals surface area (Å²) in [5, 5.41) is 20.6. The predicted molar refractivity (Wildman–Crippen MR) is 126 cm³/mol. The van der Waals surface area contributed by atoms with Crippen LogP contribution in [0.4, 0.5) is 13.2 Å². The van der Waals surface area contributed by atoms with Gasteiger partial charge in [-0.3, -0.25) is 19.3 Å². The molecule has 2 amide bonds. The molecule has 1 unspecified atom stereocenters. The zero-order chi connectivity index (χ0) is 27.9. The number of amides is 2. The van der Waals surface area contributed by atoms with E-state index in [-0.39, 0.29) is 24.3 Å². The number of halogens is 3. The fourth-order valence-electron chi connectivity index (χ4n) is 3.78. The molecule has 3 aromatic rings. The Morgan fingerprint density at radius 2 is 1.89 bits per heavy atom. The average Bonchev–Trinajstić information content (AvgIpc) is 3.38. The van der Waals surface area contributed by atoms with Crippen molar-refractivity contribution in [2.45, 2.75) is 31.7 Å². The Morgan fingerprint density at radius 3 is 2.53 bits per heavy atom. The number of carbonyl (C=O) groups is 3. The van der Waals surface area contributed by atoms with Gasteiger partial charge in [0.15, 0.2) is 0 Å². The van der Waals surface area contributed by atoms with Crippen molar-refractivity contribution in [2.24, 2.45) is 0 Å². The molecule has 0 fully saturated rings. The third-order valence-electron chi connectivity index (χ3n) is 5.61. The maximum absolute atomic E-state index is 13.1. The van der Waals surface area contributed by atoms with Gasteiger partial charge in [0.1, 0.15) is 0 Å². The van der Waals surface area contributed by atoms with Crippen molar-refractivity contribution in [3.8, 4) is 6.07 Å². The van der Waals surface area contributed by atoms with E-state index in [9.17, 15) is 22.8 Å². The first-order chi connectivity index (χ1) is 18.0. The van der Waals surface area contributed by atoms with Crippen LogP contribution in [0, 0.1) is 11.3 Å². The third-order valence-corrected chi connectivity index (χ3v) is 5.61. The first kappa shape index (κ1) is 27.9. The molecule has 0 spiro atoms. The summed E-state index contributed by atoms with van der Waals surface area (Å²) in [4.78, 5) is 42.5. The van der Waals surface area contributed by atoms with Crippen molar-refractivity contribution in [2.75, 3.05) is 13.6 Å². The predicted octanol–water partition coefficient (Wildman–Crippen LogP) is 3.03. The standard InChI is InChI=1S/C23H22N6O2.C2HF3O2/c1-27(14-19-7-2-3-9-25-19)22(30)12-21-16-28(15-20-8-10-26-29(20)21)23(31)18-6-4-5-17(11-18)13-24;3-2(4,5)1(6)7/h2-11,21H,12,14-16H2,1H3;(H,6,7). The number of carboxylic acids is 1. The molecule has 1 aromatic carbocycles. The van der Waals surface area contributed by atoms with Gasteiger partial charge < -0.3 is 14.9 Å². The van der Waals surface area contributed by atoms with Crippen LogP contribution in [0.2, 0.25) is 0 Å². The Morgan fingerprint density at radius 1 is 1.16 bits per heavy atom. The highest BCUT2D eigenvalue weighted by molar-refractivity contribution is 5.94. The molecule has 1 atom stereocenters. The molecule has 0 aliphatic carbocycles. The van der Waals surface area contributed by atoms with Crippen LogP contribution in [0.1, 0.15) is 39.8 Å². The van der Waals surface area contributed by atoms with Gasteiger partial charge in [-0.05, 0) is 36.4 Å². The number of carboxylic acid groups (broad SMARTS) is 1. The summed E-state index contributed by atoms with van der Waals surface area (Å²) in [7, 11) is 1.75. The van der Waals surface area contributed by atoms with Gasteiger partial charge in [0.25, 0.3) is 5.91 Å². The van der Waals surface area contributed by atoms with Gasteiger partial charge in [0, 0.05) is 31.5 Å². The van der Waals surface area contributed by atoms with E-state index in [1.807, 2.05) is 28.9 Å². The number of fused-ring (bicyclic) bond motifs is 1. The summed E-state index contributed by atoms with van der Waals surface area (Å²) < 4.78 is 33.6. The molecule has 10 nitrogen and oxygen atoms in total. The Hall–Kier alpha value is -4.73. The van der Waals surface area contributed by atoms with Crippen molar-refractivity contribution in [3.63, 3.8) is 0 Å². The Balaban J connectivity index is 0.000000505. The smallest absolute Gasteiger partial charge is 0.475 e. The summed E-state index contributed by atoms with van der Waals surface area (Å²) in [5.41, 5.74) is 2.59. The molecule has 0 bridgehead atoms. The van der Waals surface area contributed by atoms with Gasteiger partial charge in [0.2, 0.25) is 5.91 Å². The second-order valence-electron chi connectivity index (χ2n) is 8.38. The van der Waals surface area contributed by atoms with Crippen molar-refractivity contribution < 1.29 is 32.7 Å². The van der Waals surface area contributed by atoms with E-state index in [0.29, 0.717) is 30.8 Å². The summed E-state index contributed by atoms with van der Waals surface area (Å²) in [6.07, 6.45) is -1.47. The van der Waals surface area contributed by atoms with Gasteiger partial charge in [-0.1, -0.05) is 12.1 Å². The normalized spacial score (nSPS) is 14.4. The molecule has 4 rings (SSSR count). The minimum atomic E-state index is -5.08. The molecule has 0 radical (unpaired) electrons. The summed E-state index contributed by atoms with van der Waals surface area (Å²) in [6.45, 7) is 1.19. The molecule has 13 heteroatoms. The fraction of sp³-hybridized carbons (Fsp3) is 0.280. The van der Waals surface area contributed by atoms with Crippen LogP contribution in [-0.2, 0) is 22.7 Å². The van der Waals surface area contributed by atoms with Crippen molar-refractivity contribution >= 4 is 17.8 Å². The number of benzene rings is 1. The molecule has 198 valence electrons. The topological polar surface area (TPSA) is 132 Å². The Bertz CT molecular complexity index is 1340. The first-order valence-corrected chi connectivity index (χ1v) is 11.3. The number of nitrogens with zero attached hydrogens (tertiary/aromatic N) is 6. The van der Waals surface area contributed by atoms with E-state index >= 15 is 0 Å². The number of rotatable bonds is 5. The maximum atomic E-state index is 13.1. The zero-order valence-corrected chi connectivity index (χ0v) is 20.2. The van der Waals surface area contributed by atoms with E-state index in [1.165, 1.54) is 0 Å². The number of hydrogen-bond acceptors (Lipinski definition) is 6. The van der Waals surface area contributed by atoms with Gasteiger partial charge in [-0.15, -0.1) is 0 Å². The van der Waals surface area contributed by atoms with Crippen LogP contribution in [0.3, 0.4) is 0 Å². The number of pyridine rings is 1. The van der Waals surface area contributed by atoms with E-state index in [0.717, 1.165) is 11.4 Å². The number of hydrogen-bond donors (Lipinski definition) is 1. The molecular formula is C25H23F3N6O4. The van der Waals surface area contributed by atoms with Gasteiger partial charge in [-0.2, -0.15) is 23.5 Å². The summed E-state index contributed by atoms with van der Waals surface area (Å²) in [6, 6.07) is 15.9. The number of nitriles is 1. The van der Waals surface area contributed by atoms with Crippen LogP contribution in [0.5, 0.6) is 0 Å². The lowest BCUT2D eigenvalue weighted by Crippen LogP contribution is -2.43. The van der Waals surface area contributed by atoms with Crippen molar-refractivity contribution in [1.29, 1.82) is 5.26 Å². The molecule has 2 aromatic heterocycles. The van der Waals surface area contributed by atoms with Crippen LogP contribution in [0.25, 0.3) is 0 Å². The zero-order valence-electron chi connectivity index (χ0n) is 20.2. The van der Waals surface area contributed by atoms with Crippen molar-refractivity contribution in [1.82, 2.24) is 24.6 Å². The Labute approximate surface area is 215 Å².